The molecule has 1 aromatic heterocycles. The molecule has 0 saturated carbocycles. The third-order valence-electron chi connectivity index (χ3n) is 2.91. The van der Waals surface area contributed by atoms with Crippen molar-refractivity contribution in [2.24, 2.45) is 12.8 Å². The van der Waals surface area contributed by atoms with E-state index < -0.39 is 0 Å². The largest absolute Gasteiger partial charge is 0.324 e. The average molecular weight is 341 g/mol. The number of rotatable bonds is 4. The van der Waals surface area contributed by atoms with Crippen LogP contribution in [-0.2, 0) is 13.5 Å². The van der Waals surface area contributed by atoms with Gasteiger partial charge in [-0.1, -0.05) is 12.1 Å². The van der Waals surface area contributed by atoms with Crippen LogP contribution in [0.2, 0.25) is 0 Å². The normalized spacial score (nSPS) is 12.6. The molecule has 0 aliphatic rings. The molecule has 2 N–H and O–H groups in total. The highest BCUT2D eigenvalue weighted by Gasteiger charge is 2.08. The minimum atomic E-state index is 0.0969. The van der Waals surface area contributed by atoms with E-state index in [0.29, 0.717) is 0 Å². The molecular weight excluding hydrogens is 325 g/mol. The first-order valence-corrected chi connectivity index (χ1v) is 6.72. The van der Waals surface area contributed by atoms with Crippen molar-refractivity contribution >= 4 is 22.6 Å². The highest BCUT2D eigenvalue weighted by Crippen LogP contribution is 2.18. The molecule has 0 bridgehead atoms. The number of halogens is 1. The molecule has 0 radical (unpaired) electrons. The van der Waals surface area contributed by atoms with Crippen molar-refractivity contribution in [3.63, 3.8) is 0 Å². The Labute approximate surface area is 115 Å². The summed E-state index contributed by atoms with van der Waals surface area (Å²) in [7, 11) is 1.96. The van der Waals surface area contributed by atoms with Crippen LogP contribution in [0.3, 0.4) is 0 Å². The molecule has 17 heavy (non-hydrogen) atoms. The Bertz CT molecular complexity index is 493. The molecule has 1 aromatic carbocycles. The number of hydrogen-bond donors (Lipinski definition) is 1. The second-order valence-corrected chi connectivity index (χ2v) is 5.39. The highest BCUT2D eigenvalue weighted by atomic mass is 127. The predicted molar refractivity (Wildman–Crippen MR) is 77.6 cm³/mol. The fourth-order valence-corrected chi connectivity index (χ4v) is 2.42. The van der Waals surface area contributed by atoms with Crippen molar-refractivity contribution < 1.29 is 0 Å². The Hall–Kier alpha value is -0.880. The lowest BCUT2D eigenvalue weighted by Crippen LogP contribution is -2.12. The lowest BCUT2D eigenvalue weighted by atomic mass is 10.0. The molecule has 0 saturated heterocycles. The van der Waals surface area contributed by atoms with Gasteiger partial charge in [0.15, 0.2) is 0 Å². The highest BCUT2D eigenvalue weighted by molar-refractivity contribution is 14.1. The van der Waals surface area contributed by atoms with Gasteiger partial charge in [0, 0.05) is 28.6 Å². The van der Waals surface area contributed by atoms with E-state index in [1.807, 2.05) is 24.0 Å². The Kier molecular flexibility index (Phi) is 4.17. The van der Waals surface area contributed by atoms with Crippen LogP contribution in [0.15, 0.2) is 36.5 Å². The van der Waals surface area contributed by atoms with Crippen LogP contribution in [-0.4, -0.2) is 9.78 Å². The molecule has 2 aromatic rings. The number of nitrogens with two attached hydrogens (primary N) is 1. The molecule has 1 unspecified atom stereocenters. The van der Waals surface area contributed by atoms with E-state index in [2.05, 4.69) is 52.0 Å². The van der Waals surface area contributed by atoms with Crippen LogP contribution < -0.4 is 5.73 Å². The SMILES string of the molecule is Cn1nccc1CCC(N)c1cccc(I)c1. The topological polar surface area (TPSA) is 43.8 Å². The molecule has 0 spiro atoms. The summed E-state index contributed by atoms with van der Waals surface area (Å²) in [6.07, 6.45) is 3.73. The van der Waals surface area contributed by atoms with Gasteiger partial charge in [0.1, 0.15) is 0 Å². The van der Waals surface area contributed by atoms with Crippen molar-refractivity contribution in [3.05, 3.63) is 51.4 Å². The molecule has 2 rings (SSSR count). The number of aryl methyl sites for hydroxylation is 2. The second-order valence-electron chi connectivity index (χ2n) is 4.15. The average Bonchev–Trinajstić information content (AvgIpc) is 2.72. The fraction of sp³-hybridized carbons (Fsp3) is 0.308. The van der Waals surface area contributed by atoms with Crippen molar-refractivity contribution in [3.8, 4) is 0 Å². The van der Waals surface area contributed by atoms with Gasteiger partial charge in [-0.05, 0) is 59.2 Å². The van der Waals surface area contributed by atoms with Gasteiger partial charge in [-0.2, -0.15) is 5.10 Å². The van der Waals surface area contributed by atoms with Crippen molar-refractivity contribution in [2.45, 2.75) is 18.9 Å². The van der Waals surface area contributed by atoms with Crippen LogP contribution in [0.5, 0.6) is 0 Å². The van der Waals surface area contributed by atoms with E-state index >= 15 is 0 Å². The summed E-state index contributed by atoms with van der Waals surface area (Å²) < 4.78 is 3.14. The molecule has 1 atom stereocenters. The molecule has 3 nitrogen and oxygen atoms in total. The zero-order chi connectivity index (χ0) is 12.3. The van der Waals surface area contributed by atoms with Crippen LogP contribution in [0.25, 0.3) is 0 Å². The van der Waals surface area contributed by atoms with Crippen LogP contribution in [0, 0.1) is 3.57 Å². The Balaban J connectivity index is 1.98. The zero-order valence-corrected chi connectivity index (χ0v) is 12.0. The van der Waals surface area contributed by atoms with Crippen molar-refractivity contribution in [2.75, 3.05) is 0 Å². The predicted octanol–water partition coefficient (Wildman–Crippen LogP) is 2.66. The van der Waals surface area contributed by atoms with Crippen LogP contribution in [0.1, 0.15) is 23.7 Å². The molecule has 0 aliphatic carbocycles. The molecular formula is C13H16IN3. The quantitative estimate of drug-likeness (QED) is 0.869. The van der Waals surface area contributed by atoms with Gasteiger partial charge in [-0.3, -0.25) is 4.68 Å². The molecule has 0 aliphatic heterocycles. The van der Waals surface area contributed by atoms with E-state index in [-0.39, 0.29) is 6.04 Å². The summed E-state index contributed by atoms with van der Waals surface area (Å²) in [5.74, 6) is 0. The summed E-state index contributed by atoms with van der Waals surface area (Å²) in [5, 5.41) is 4.16. The smallest absolute Gasteiger partial charge is 0.0492 e. The van der Waals surface area contributed by atoms with Crippen LogP contribution in [0.4, 0.5) is 0 Å². The van der Waals surface area contributed by atoms with Gasteiger partial charge in [-0.15, -0.1) is 0 Å². The summed E-state index contributed by atoms with van der Waals surface area (Å²) in [6.45, 7) is 0. The zero-order valence-electron chi connectivity index (χ0n) is 9.81. The third-order valence-corrected chi connectivity index (χ3v) is 3.58. The first-order chi connectivity index (χ1) is 8.16. The van der Waals surface area contributed by atoms with E-state index in [4.69, 9.17) is 5.73 Å². The van der Waals surface area contributed by atoms with E-state index in [1.54, 1.807) is 0 Å². The minimum absolute atomic E-state index is 0.0969. The first-order valence-electron chi connectivity index (χ1n) is 5.65. The third kappa shape index (κ3) is 3.29. The maximum absolute atomic E-state index is 6.20. The lowest BCUT2D eigenvalue weighted by molar-refractivity contribution is 0.613. The summed E-state index contributed by atoms with van der Waals surface area (Å²) >= 11 is 2.31. The van der Waals surface area contributed by atoms with Crippen molar-refractivity contribution in [1.82, 2.24) is 9.78 Å². The number of benzene rings is 1. The minimum Gasteiger partial charge on any atom is -0.324 e. The van der Waals surface area contributed by atoms with Gasteiger partial charge in [0.2, 0.25) is 0 Å². The number of hydrogen-bond acceptors (Lipinski definition) is 2. The summed E-state index contributed by atoms with van der Waals surface area (Å²) in [4.78, 5) is 0. The van der Waals surface area contributed by atoms with Gasteiger partial charge < -0.3 is 5.73 Å². The van der Waals surface area contributed by atoms with E-state index in [0.717, 1.165) is 12.8 Å². The first kappa shape index (κ1) is 12.6. The van der Waals surface area contributed by atoms with E-state index in [9.17, 15) is 0 Å². The van der Waals surface area contributed by atoms with Crippen molar-refractivity contribution in [1.29, 1.82) is 0 Å². The maximum Gasteiger partial charge on any atom is 0.0492 e. The van der Waals surface area contributed by atoms with Gasteiger partial charge in [-0.25, -0.2) is 0 Å². The molecule has 0 fully saturated rings. The molecule has 90 valence electrons. The van der Waals surface area contributed by atoms with Gasteiger partial charge in [0.05, 0.1) is 0 Å². The standard InChI is InChI=1S/C13H16IN3/c1-17-12(7-8-16-17)5-6-13(15)10-3-2-4-11(14)9-10/h2-4,7-9,13H,5-6,15H2,1H3. The summed E-state index contributed by atoms with van der Waals surface area (Å²) in [6, 6.07) is 10.5. The monoisotopic (exact) mass is 341 g/mol. The Morgan fingerprint density at radius 3 is 2.88 bits per heavy atom. The summed E-state index contributed by atoms with van der Waals surface area (Å²) in [5.41, 5.74) is 8.63. The number of nitrogens with zero attached hydrogens (tertiary/aromatic N) is 2. The van der Waals surface area contributed by atoms with Gasteiger partial charge >= 0.3 is 0 Å². The maximum atomic E-state index is 6.20. The van der Waals surface area contributed by atoms with Gasteiger partial charge in [0.25, 0.3) is 0 Å². The van der Waals surface area contributed by atoms with Crippen LogP contribution >= 0.6 is 22.6 Å². The molecule has 4 heteroatoms. The fourth-order valence-electron chi connectivity index (χ4n) is 1.85. The molecule has 1 heterocycles. The van der Waals surface area contributed by atoms with E-state index in [1.165, 1.54) is 14.8 Å². The Morgan fingerprint density at radius 2 is 2.24 bits per heavy atom. The lowest BCUT2D eigenvalue weighted by Gasteiger charge is -2.12. The Morgan fingerprint density at radius 1 is 1.41 bits per heavy atom. The second kappa shape index (κ2) is 5.64. The number of aromatic nitrogens is 2. The molecule has 0 amide bonds.